The monoisotopic (exact) mass is 197 g/mol. The van der Waals surface area contributed by atoms with Crippen LogP contribution in [0, 0.1) is 11.3 Å². The topological polar surface area (TPSA) is 53.1 Å². The summed E-state index contributed by atoms with van der Waals surface area (Å²) in [7, 11) is 0. The molecule has 0 aliphatic carbocycles. The van der Waals surface area contributed by atoms with Crippen molar-refractivity contribution in [2.75, 3.05) is 6.54 Å². The largest absolute Gasteiger partial charge is 0.386 e. The van der Waals surface area contributed by atoms with Crippen LogP contribution in [0.1, 0.15) is 40.5 Å². The molecule has 14 heavy (non-hydrogen) atoms. The second kappa shape index (κ2) is 3.89. The van der Waals surface area contributed by atoms with E-state index in [-0.39, 0.29) is 11.6 Å². The lowest BCUT2D eigenvalue weighted by molar-refractivity contribution is 0.145. The third kappa shape index (κ3) is 2.08. The van der Waals surface area contributed by atoms with E-state index in [9.17, 15) is 0 Å². The Kier molecular flexibility index (Phi) is 3.20. The smallest absolute Gasteiger partial charge is 0.108 e. The predicted octanol–water partition coefficient (Wildman–Crippen LogP) is 1.82. The summed E-state index contributed by atoms with van der Waals surface area (Å²) < 4.78 is 0. The van der Waals surface area contributed by atoms with E-state index in [0.717, 1.165) is 18.9 Å². The van der Waals surface area contributed by atoms with Crippen molar-refractivity contribution in [3.8, 4) is 0 Å². The van der Waals surface area contributed by atoms with Crippen molar-refractivity contribution in [3.05, 3.63) is 0 Å². The molecule has 3 N–H and O–H groups in total. The average Bonchev–Trinajstić information content (AvgIpc) is 2.26. The van der Waals surface area contributed by atoms with Crippen LogP contribution in [0.4, 0.5) is 0 Å². The van der Waals surface area contributed by atoms with Crippen molar-refractivity contribution < 1.29 is 0 Å². The predicted molar refractivity (Wildman–Crippen MR) is 60.6 cm³/mol. The standard InChI is InChI=1S/C11H23N3/c1-5-9(10(12)13)14-7-8(2)6-11(14,3)4/h8-9H,5-7H2,1-4H3,(H3,12,13). The first kappa shape index (κ1) is 11.5. The van der Waals surface area contributed by atoms with Gasteiger partial charge in [0.05, 0.1) is 6.04 Å². The molecular formula is C11H23N3. The van der Waals surface area contributed by atoms with Gasteiger partial charge in [0.15, 0.2) is 0 Å². The van der Waals surface area contributed by atoms with Gasteiger partial charge in [-0.05, 0) is 32.6 Å². The number of likely N-dealkylation sites (tertiary alicyclic amines) is 1. The molecule has 1 rings (SSSR count). The Morgan fingerprint density at radius 1 is 1.64 bits per heavy atom. The Morgan fingerprint density at radius 2 is 2.21 bits per heavy atom. The maximum Gasteiger partial charge on any atom is 0.108 e. The van der Waals surface area contributed by atoms with Crippen LogP contribution in [0.3, 0.4) is 0 Å². The van der Waals surface area contributed by atoms with Gasteiger partial charge < -0.3 is 5.73 Å². The number of amidine groups is 1. The van der Waals surface area contributed by atoms with E-state index in [0.29, 0.717) is 5.84 Å². The molecule has 0 radical (unpaired) electrons. The molecule has 3 nitrogen and oxygen atoms in total. The third-order valence-electron chi connectivity index (χ3n) is 3.26. The SMILES string of the molecule is CCC(C(=N)N)N1CC(C)CC1(C)C. The fourth-order valence-electron chi connectivity index (χ4n) is 2.77. The molecule has 2 atom stereocenters. The molecule has 3 heteroatoms. The molecule has 0 bridgehead atoms. The van der Waals surface area contributed by atoms with E-state index in [1.54, 1.807) is 0 Å². The number of nitrogens with zero attached hydrogens (tertiary/aromatic N) is 1. The van der Waals surface area contributed by atoms with Crippen LogP contribution in [0.15, 0.2) is 0 Å². The Bertz CT molecular complexity index is 223. The van der Waals surface area contributed by atoms with E-state index < -0.39 is 0 Å². The minimum Gasteiger partial charge on any atom is -0.386 e. The van der Waals surface area contributed by atoms with E-state index in [1.807, 2.05) is 0 Å². The highest BCUT2D eigenvalue weighted by molar-refractivity contribution is 5.82. The van der Waals surface area contributed by atoms with Gasteiger partial charge in [-0.15, -0.1) is 0 Å². The second-order valence-corrected chi connectivity index (χ2v) is 5.15. The molecule has 0 saturated carbocycles. The molecule has 2 unspecified atom stereocenters. The summed E-state index contributed by atoms with van der Waals surface area (Å²) in [6, 6.07) is 0.134. The van der Waals surface area contributed by atoms with Crippen molar-refractivity contribution in [1.29, 1.82) is 5.41 Å². The van der Waals surface area contributed by atoms with Crippen LogP contribution >= 0.6 is 0 Å². The van der Waals surface area contributed by atoms with E-state index >= 15 is 0 Å². The minimum absolute atomic E-state index is 0.134. The van der Waals surface area contributed by atoms with Gasteiger partial charge in [-0.3, -0.25) is 10.3 Å². The van der Waals surface area contributed by atoms with Gasteiger partial charge in [-0.2, -0.15) is 0 Å². The molecule has 82 valence electrons. The molecule has 0 aromatic rings. The first-order valence-electron chi connectivity index (χ1n) is 5.49. The summed E-state index contributed by atoms with van der Waals surface area (Å²) in [5.74, 6) is 1.04. The molecule has 1 fully saturated rings. The van der Waals surface area contributed by atoms with Gasteiger partial charge >= 0.3 is 0 Å². The van der Waals surface area contributed by atoms with E-state index in [1.165, 1.54) is 6.42 Å². The average molecular weight is 197 g/mol. The Labute approximate surface area is 87.2 Å². The quantitative estimate of drug-likeness (QED) is 0.535. The molecule has 1 saturated heterocycles. The van der Waals surface area contributed by atoms with Gasteiger partial charge in [0, 0.05) is 12.1 Å². The highest BCUT2D eigenvalue weighted by atomic mass is 15.3. The summed E-state index contributed by atoms with van der Waals surface area (Å²) in [5, 5.41) is 7.60. The fraction of sp³-hybridized carbons (Fsp3) is 0.909. The third-order valence-corrected chi connectivity index (χ3v) is 3.26. The van der Waals surface area contributed by atoms with Crippen LogP contribution in [-0.2, 0) is 0 Å². The number of nitrogens with two attached hydrogens (primary N) is 1. The van der Waals surface area contributed by atoms with Gasteiger partial charge in [-0.25, -0.2) is 0 Å². The lowest BCUT2D eigenvalue weighted by Crippen LogP contribution is -2.50. The summed E-state index contributed by atoms with van der Waals surface area (Å²) >= 11 is 0. The van der Waals surface area contributed by atoms with Crippen molar-refractivity contribution in [2.45, 2.75) is 52.1 Å². The van der Waals surface area contributed by atoms with Crippen molar-refractivity contribution in [3.63, 3.8) is 0 Å². The van der Waals surface area contributed by atoms with Crippen molar-refractivity contribution in [1.82, 2.24) is 4.90 Å². The zero-order chi connectivity index (χ0) is 10.9. The number of hydrogen-bond acceptors (Lipinski definition) is 2. The Morgan fingerprint density at radius 3 is 2.50 bits per heavy atom. The molecule has 0 aromatic carbocycles. The Hall–Kier alpha value is -0.570. The summed E-state index contributed by atoms with van der Waals surface area (Å²) in [5.41, 5.74) is 5.84. The van der Waals surface area contributed by atoms with E-state index in [2.05, 4.69) is 32.6 Å². The van der Waals surface area contributed by atoms with Gasteiger partial charge in [0.25, 0.3) is 0 Å². The van der Waals surface area contributed by atoms with Crippen LogP contribution in [-0.4, -0.2) is 28.9 Å². The number of rotatable bonds is 3. The number of nitrogens with one attached hydrogen (secondary N) is 1. The zero-order valence-corrected chi connectivity index (χ0v) is 9.80. The van der Waals surface area contributed by atoms with Crippen molar-refractivity contribution >= 4 is 5.84 Å². The summed E-state index contributed by atoms with van der Waals surface area (Å²) in [4.78, 5) is 2.39. The molecule has 0 spiro atoms. The first-order chi connectivity index (χ1) is 6.38. The van der Waals surface area contributed by atoms with Gasteiger partial charge in [0.2, 0.25) is 0 Å². The van der Waals surface area contributed by atoms with E-state index in [4.69, 9.17) is 11.1 Å². The normalized spacial score (nSPS) is 29.0. The van der Waals surface area contributed by atoms with Gasteiger partial charge in [0.1, 0.15) is 5.84 Å². The molecule has 1 aliphatic heterocycles. The van der Waals surface area contributed by atoms with Crippen LogP contribution in [0.5, 0.6) is 0 Å². The Balaban J connectivity index is 2.80. The molecular weight excluding hydrogens is 174 g/mol. The zero-order valence-electron chi connectivity index (χ0n) is 9.80. The molecule has 1 aliphatic rings. The van der Waals surface area contributed by atoms with Crippen molar-refractivity contribution in [2.24, 2.45) is 11.7 Å². The maximum atomic E-state index is 7.60. The molecule has 0 amide bonds. The second-order valence-electron chi connectivity index (χ2n) is 5.15. The first-order valence-corrected chi connectivity index (χ1v) is 5.49. The minimum atomic E-state index is 0.134. The van der Waals surface area contributed by atoms with Crippen LogP contribution in [0.2, 0.25) is 0 Å². The van der Waals surface area contributed by atoms with Crippen LogP contribution < -0.4 is 5.73 Å². The lowest BCUT2D eigenvalue weighted by Gasteiger charge is -2.37. The van der Waals surface area contributed by atoms with Crippen LogP contribution in [0.25, 0.3) is 0 Å². The lowest BCUT2D eigenvalue weighted by atomic mass is 9.96. The summed E-state index contributed by atoms with van der Waals surface area (Å²) in [6.45, 7) is 9.95. The molecule has 1 heterocycles. The number of hydrogen-bond donors (Lipinski definition) is 2. The highest BCUT2D eigenvalue weighted by Crippen LogP contribution is 2.34. The fourth-order valence-corrected chi connectivity index (χ4v) is 2.77. The highest BCUT2D eigenvalue weighted by Gasteiger charge is 2.40. The molecule has 0 aromatic heterocycles. The summed E-state index contributed by atoms with van der Waals surface area (Å²) in [6.07, 6.45) is 2.14. The van der Waals surface area contributed by atoms with Gasteiger partial charge in [-0.1, -0.05) is 13.8 Å². The maximum absolute atomic E-state index is 7.60.